The highest BCUT2D eigenvalue weighted by molar-refractivity contribution is 9.10. The van der Waals surface area contributed by atoms with E-state index in [0.717, 1.165) is 27.3 Å². The Morgan fingerprint density at radius 3 is 2.61 bits per heavy atom. The summed E-state index contributed by atoms with van der Waals surface area (Å²) >= 11 is 5.27. The molecule has 0 amide bonds. The van der Waals surface area contributed by atoms with E-state index in [4.69, 9.17) is 4.74 Å². The Morgan fingerprint density at radius 1 is 1.33 bits per heavy atom. The molecule has 0 fully saturated rings. The number of thioether (sulfide) groups is 1. The summed E-state index contributed by atoms with van der Waals surface area (Å²) in [6, 6.07) is 5.93. The van der Waals surface area contributed by atoms with E-state index in [0.29, 0.717) is 12.3 Å². The van der Waals surface area contributed by atoms with Gasteiger partial charge in [0.05, 0.1) is 17.7 Å². The summed E-state index contributed by atoms with van der Waals surface area (Å²) < 4.78 is 6.12. The second kappa shape index (κ2) is 8.08. The van der Waals surface area contributed by atoms with Crippen LogP contribution >= 0.6 is 27.7 Å². The number of aliphatic hydroxyl groups is 1. The van der Waals surface area contributed by atoms with Crippen LogP contribution in [0.5, 0.6) is 5.75 Å². The maximum atomic E-state index is 9.97. The van der Waals surface area contributed by atoms with Crippen molar-refractivity contribution in [3.05, 3.63) is 28.2 Å². The van der Waals surface area contributed by atoms with E-state index >= 15 is 0 Å². The van der Waals surface area contributed by atoms with Crippen LogP contribution in [0.2, 0.25) is 0 Å². The molecule has 102 valence electrons. The molecule has 0 aliphatic heterocycles. The van der Waals surface area contributed by atoms with Crippen LogP contribution in [0.25, 0.3) is 0 Å². The van der Waals surface area contributed by atoms with E-state index in [-0.39, 0.29) is 6.10 Å². The third-order valence-corrected chi connectivity index (χ3v) is 4.59. The predicted octanol–water partition coefficient (Wildman–Crippen LogP) is 3.75. The van der Waals surface area contributed by atoms with Gasteiger partial charge in [-0.2, -0.15) is 11.8 Å². The molecular weight excluding hydrogens is 312 g/mol. The highest BCUT2D eigenvalue weighted by Crippen LogP contribution is 2.26. The average molecular weight is 333 g/mol. The van der Waals surface area contributed by atoms with Crippen molar-refractivity contribution in [2.75, 3.05) is 18.6 Å². The molecule has 4 heteroatoms. The van der Waals surface area contributed by atoms with Crippen molar-refractivity contribution in [1.29, 1.82) is 0 Å². The number of hydrogen-bond donors (Lipinski definition) is 1. The molecule has 0 bridgehead atoms. The SMILES string of the molecule is COc1ccc(CC(O)CSCC(C)C)cc1Br. The zero-order valence-corrected chi connectivity index (χ0v) is 13.6. The van der Waals surface area contributed by atoms with Gasteiger partial charge in [0, 0.05) is 5.75 Å². The summed E-state index contributed by atoms with van der Waals surface area (Å²) in [7, 11) is 1.65. The van der Waals surface area contributed by atoms with Crippen LogP contribution in [0, 0.1) is 5.92 Å². The summed E-state index contributed by atoms with van der Waals surface area (Å²) in [6.45, 7) is 4.39. The molecule has 0 radical (unpaired) electrons. The quantitative estimate of drug-likeness (QED) is 0.824. The zero-order chi connectivity index (χ0) is 13.5. The summed E-state index contributed by atoms with van der Waals surface area (Å²) in [4.78, 5) is 0. The van der Waals surface area contributed by atoms with E-state index in [9.17, 15) is 5.11 Å². The molecule has 18 heavy (non-hydrogen) atoms. The van der Waals surface area contributed by atoms with Crippen LogP contribution in [-0.2, 0) is 6.42 Å². The van der Waals surface area contributed by atoms with E-state index in [1.54, 1.807) is 7.11 Å². The van der Waals surface area contributed by atoms with Gasteiger partial charge in [0.25, 0.3) is 0 Å². The first kappa shape index (κ1) is 15.9. The fourth-order valence-corrected chi connectivity index (χ4v) is 3.19. The number of methoxy groups -OCH3 is 1. The zero-order valence-electron chi connectivity index (χ0n) is 11.1. The van der Waals surface area contributed by atoms with Crippen molar-refractivity contribution >= 4 is 27.7 Å². The number of benzene rings is 1. The lowest BCUT2D eigenvalue weighted by molar-refractivity contribution is 0.200. The van der Waals surface area contributed by atoms with E-state index in [1.807, 2.05) is 30.0 Å². The molecular formula is C14H21BrO2S. The third kappa shape index (κ3) is 5.63. The number of ether oxygens (including phenoxy) is 1. The van der Waals surface area contributed by atoms with Gasteiger partial charge in [-0.1, -0.05) is 19.9 Å². The number of hydrogen-bond acceptors (Lipinski definition) is 3. The van der Waals surface area contributed by atoms with Crippen molar-refractivity contribution in [2.45, 2.75) is 26.4 Å². The Morgan fingerprint density at radius 2 is 2.06 bits per heavy atom. The second-order valence-electron chi connectivity index (χ2n) is 4.76. The molecule has 1 rings (SSSR count). The number of aliphatic hydroxyl groups excluding tert-OH is 1. The summed E-state index contributed by atoms with van der Waals surface area (Å²) in [5, 5.41) is 9.97. The van der Waals surface area contributed by atoms with E-state index < -0.39 is 0 Å². The third-order valence-electron chi connectivity index (χ3n) is 2.45. The Balaban J connectivity index is 2.44. The monoisotopic (exact) mass is 332 g/mol. The van der Waals surface area contributed by atoms with Crippen molar-refractivity contribution in [3.8, 4) is 5.75 Å². The van der Waals surface area contributed by atoms with Crippen LogP contribution in [-0.4, -0.2) is 29.8 Å². The minimum Gasteiger partial charge on any atom is -0.496 e. The van der Waals surface area contributed by atoms with Gasteiger partial charge in [0.15, 0.2) is 0 Å². The first-order chi connectivity index (χ1) is 8.52. The van der Waals surface area contributed by atoms with Crippen molar-refractivity contribution in [1.82, 2.24) is 0 Å². The largest absolute Gasteiger partial charge is 0.496 e. The molecule has 0 spiro atoms. The fraction of sp³-hybridized carbons (Fsp3) is 0.571. The molecule has 0 aliphatic carbocycles. The highest BCUT2D eigenvalue weighted by atomic mass is 79.9. The van der Waals surface area contributed by atoms with Crippen LogP contribution < -0.4 is 4.74 Å². The highest BCUT2D eigenvalue weighted by Gasteiger charge is 2.08. The Hall–Kier alpha value is -0.190. The maximum absolute atomic E-state index is 9.97. The standard InChI is InChI=1S/C14H21BrO2S/c1-10(2)8-18-9-12(16)6-11-4-5-14(17-3)13(15)7-11/h4-5,7,10,12,16H,6,8-9H2,1-3H3. The van der Waals surface area contributed by atoms with Gasteiger partial charge < -0.3 is 9.84 Å². The van der Waals surface area contributed by atoms with Crippen molar-refractivity contribution in [2.24, 2.45) is 5.92 Å². The molecule has 1 atom stereocenters. The Bertz CT molecular complexity index is 369. The Kier molecular flexibility index (Phi) is 7.12. The molecule has 0 saturated carbocycles. The molecule has 0 aromatic heterocycles. The van der Waals surface area contributed by atoms with Gasteiger partial charge >= 0.3 is 0 Å². The molecule has 1 aromatic rings. The van der Waals surface area contributed by atoms with Gasteiger partial charge in [-0.25, -0.2) is 0 Å². The molecule has 0 saturated heterocycles. The maximum Gasteiger partial charge on any atom is 0.133 e. The molecule has 1 unspecified atom stereocenters. The van der Waals surface area contributed by atoms with Gasteiger partial charge in [-0.3, -0.25) is 0 Å². The van der Waals surface area contributed by atoms with Crippen molar-refractivity contribution in [3.63, 3.8) is 0 Å². The predicted molar refractivity (Wildman–Crippen MR) is 82.6 cm³/mol. The molecule has 2 nitrogen and oxygen atoms in total. The molecule has 1 aromatic carbocycles. The lowest BCUT2D eigenvalue weighted by Crippen LogP contribution is -2.14. The first-order valence-corrected chi connectivity index (χ1v) is 8.06. The van der Waals surface area contributed by atoms with Gasteiger partial charge in [-0.05, 0) is 51.7 Å². The normalized spacial score (nSPS) is 12.8. The summed E-state index contributed by atoms with van der Waals surface area (Å²) in [5.41, 5.74) is 1.13. The van der Waals surface area contributed by atoms with Crippen LogP contribution in [0.3, 0.4) is 0 Å². The van der Waals surface area contributed by atoms with Crippen LogP contribution in [0.4, 0.5) is 0 Å². The first-order valence-electron chi connectivity index (χ1n) is 6.11. The van der Waals surface area contributed by atoms with Crippen molar-refractivity contribution < 1.29 is 9.84 Å². The smallest absolute Gasteiger partial charge is 0.133 e. The van der Waals surface area contributed by atoms with Crippen LogP contribution in [0.1, 0.15) is 19.4 Å². The second-order valence-corrected chi connectivity index (χ2v) is 6.69. The summed E-state index contributed by atoms with van der Waals surface area (Å²) in [6.07, 6.45) is 0.405. The lowest BCUT2D eigenvalue weighted by Gasteiger charge is -2.12. The van der Waals surface area contributed by atoms with E-state index in [1.165, 1.54) is 0 Å². The van der Waals surface area contributed by atoms with Gasteiger partial charge in [0.2, 0.25) is 0 Å². The molecule has 0 heterocycles. The minimum atomic E-state index is -0.283. The van der Waals surface area contributed by atoms with Gasteiger partial charge in [-0.15, -0.1) is 0 Å². The topological polar surface area (TPSA) is 29.5 Å². The van der Waals surface area contributed by atoms with Gasteiger partial charge in [0.1, 0.15) is 5.75 Å². The average Bonchev–Trinajstić information content (AvgIpc) is 2.28. The lowest BCUT2D eigenvalue weighted by atomic mass is 10.1. The summed E-state index contributed by atoms with van der Waals surface area (Å²) in [5.74, 6) is 3.39. The fourth-order valence-electron chi connectivity index (χ4n) is 1.61. The molecule has 1 N–H and O–H groups in total. The minimum absolute atomic E-state index is 0.283. The van der Waals surface area contributed by atoms with Crippen LogP contribution in [0.15, 0.2) is 22.7 Å². The number of rotatable bonds is 7. The number of halogens is 1. The van der Waals surface area contributed by atoms with E-state index in [2.05, 4.69) is 29.8 Å². The molecule has 0 aliphatic rings. The Labute approximate surface area is 122 Å².